The molecule has 2 aromatic carbocycles. The van der Waals surface area contributed by atoms with Crippen LogP contribution in [-0.4, -0.2) is 46.0 Å². The van der Waals surface area contributed by atoms with Crippen molar-refractivity contribution in [1.29, 1.82) is 0 Å². The molecular formula is C22H22N4O6. The molecule has 3 aromatic rings. The summed E-state index contributed by atoms with van der Waals surface area (Å²) in [5.74, 6) is 2.85. The van der Waals surface area contributed by atoms with Crippen molar-refractivity contribution in [2.24, 2.45) is 0 Å². The zero-order valence-corrected chi connectivity index (χ0v) is 17.4. The number of aromatic nitrogens is 2. The van der Waals surface area contributed by atoms with E-state index in [4.69, 9.17) is 14.2 Å². The summed E-state index contributed by atoms with van der Waals surface area (Å²) in [5.41, 5.74) is 1.48. The number of non-ortho nitro benzene ring substituents is 1. The van der Waals surface area contributed by atoms with Gasteiger partial charge in [-0.3, -0.25) is 10.1 Å². The fourth-order valence-electron chi connectivity index (χ4n) is 3.07. The Morgan fingerprint density at radius 1 is 1.16 bits per heavy atom. The van der Waals surface area contributed by atoms with Crippen molar-refractivity contribution in [3.63, 3.8) is 0 Å². The number of fused-ring (bicyclic) bond motifs is 1. The molecule has 1 atom stereocenters. The van der Waals surface area contributed by atoms with Gasteiger partial charge in [0.05, 0.1) is 4.92 Å². The lowest BCUT2D eigenvalue weighted by atomic mass is 10.2. The highest BCUT2D eigenvalue weighted by Gasteiger charge is 2.15. The van der Waals surface area contributed by atoms with Crippen molar-refractivity contribution in [3.8, 4) is 28.6 Å². The zero-order valence-electron chi connectivity index (χ0n) is 17.4. The molecule has 1 unspecified atom stereocenters. The van der Waals surface area contributed by atoms with Crippen LogP contribution in [-0.2, 0) is 6.42 Å². The van der Waals surface area contributed by atoms with Crippen LogP contribution in [0.3, 0.4) is 0 Å². The van der Waals surface area contributed by atoms with Crippen molar-refractivity contribution in [1.82, 2.24) is 9.97 Å². The van der Waals surface area contributed by atoms with Crippen LogP contribution in [0.5, 0.6) is 17.2 Å². The van der Waals surface area contributed by atoms with Gasteiger partial charge in [0.25, 0.3) is 5.69 Å². The van der Waals surface area contributed by atoms with E-state index < -0.39 is 11.0 Å². The van der Waals surface area contributed by atoms with Gasteiger partial charge < -0.3 is 24.6 Å². The van der Waals surface area contributed by atoms with E-state index in [0.717, 1.165) is 5.69 Å². The summed E-state index contributed by atoms with van der Waals surface area (Å²) in [7, 11) is 0. The number of nitrogens with one attached hydrogen (secondary N) is 1. The number of nitro benzene ring substituents is 1. The molecule has 0 bridgehead atoms. The van der Waals surface area contributed by atoms with Gasteiger partial charge in [0.15, 0.2) is 17.3 Å². The van der Waals surface area contributed by atoms with Crippen molar-refractivity contribution >= 4 is 11.5 Å². The normalized spacial score (nSPS) is 12.9. The van der Waals surface area contributed by atoms with Crippen LogP contribution in [0.1, 0.15) is 12.6 Å². The Bertz CT molecular complexity index is 1110. The van der Waals surface area contributed by atoms with E-state index in [0.29, 0.717) is 40.9 Å². The molecule has 1 aromatic heterocycles. The molecule has 2 N–H and O–H groups in total. The van der Waals surface area contributed by atoms with Gasteiger partial charge in [-0.15, -0.1) is 0 Å². The van der Waals surface area contributed by atoms with Crippen molar-refractivity contribution < 1.29 is 24.2 Å². The first-order valence-corrected chi connectivity index (χ1v) is 10.1. The molecule has 10 nitrogen and oxygen atoms in total. The zero-order chi connectivity index (χ0) is 22.5. The predicted octanol–water partition coefficient (Wildman–Crippen LogP) is 3.19. The maximum absolute atomic E-state index is 10.9. The van der Waals surface area contributed by atoms with Gasteiger partial charge in [-0.05, 0) is 30.7 Å². The second-order valence-corrected chi connectivity index (χ2v) is 7.09. The van der Waals surface area contributed by atoms with Crippen molar-refractivity contribution in [2.75, 3.05) is 25.3 Å². The highest BCUT2D eigenvalue weighted by Crippen LogP contribution is 2.35. The Hall–Kier alpha value is -3.92. The van der Waals surface area contributed by atoms with Crippen LogP contribution in [0.2, 0.25) is 0 Å². The molecule has 0 fully saturated rings. The topological polar surface area (TPSA) is 129 Å². The van der Waals surface area contributed by atoms with E-state index in [1.54, 1.807) is 36.4 Å². The van der Waals surface area contributed by atoms with Crippen LogP contribution in [0.15, 0.2) is 48.5 Å². The van der Waals surface area contributed by atoms with Gasteiger partial charge >= 0.3 is 0 Å². The van der Waals surface area contributed by atoms with Gasteiger partial charge in [-0.1, -0.05) is 6.92 Å². The molecule has 32 heavy (non-hydrogen) atoms. The molecule has 0 saturated carbocycles. The van der Waals surface area contributed by atoms with E-state index in [-0.39, 0.29) is 25.6 Å². The second kappa shape index (κ2) is 9.48. The fraction of sp³-hybridized carbons (Fsp3) is 0.273. The Balaban J connectivity index is 1.37. The molecule has 2 heterocycles. The number of benzene rings is 2. The number of nitrogens with zero attached hydrogens (tertiary/aromatic N) is 3. The number of rotatable bonds is 9. The van der Waals surface area contributed by atoms with Crippen LogP contribution in [0.25, 0.3) is 11.4 Å². The number of aryl methyl sites for hydroxylation is 1. The predicted molar refractivity (Wildman–Crippen MR) is 116 cm³/mol. The number of ether oxygens (including phenoxy) is 3. The molecule has 166 valence electrons. The number of aliphatic hydroxyl groups excluding tert-OH is 1. The van der Waals surface area contributed by atoms with E-state index in [1.165, 1.54) is 12.1 Å². The largest absolute Gasteiger partial charge is 0.491 e. The summed E-state index contributed by atoms with van der Waals surface area (Å²) >= 11 is 0. The van der Waals surface area contributed by atoms with Gasteiger partial charge in [0, 0.05) is 42.1 Å². The number of aliphatic hydroxyl groups is 1. The average molecular weight is 438 g/mol. The van der Waals surface area contributed by atoms with Gasteiger partial charge in [0.2, 0.25) is 6.79 Å². The van der Waals surface area contributed by atoms with Crippen LogP contribution < -0.4 is 19.5 Å². The lowest BCUT2D eigenvalue weighted by molar-refractivity contribution is -0.384. The smallest absolute Gasteiger partial charge is 0.269 e. The maximum Gasteiger partial charge on any atom is 0.269 e. The summed E-state index contributed by atoms with van der Waals surface area (Å²) in [6, 6.07) is 13.1. The van der Waals surface area contributed by atoms with Crippen molar-refractivity contribution in [2.45, 2.75) is 19.4 Å². The minimum absolute atomic E-state index is 0.00401. The number of hydrogen-bond donors (Lipinski definition) is 2. The molecule has 0 radical (unpaired) electrons. The second-order valence-electron chi connectivity index (χ2n) is 7.09. The summed E-state index contributed by atoms with van der Waals surface area (Å²) in [6.45, 7) is 2.45. The first-order chi connectivity index (χ1) is 15.5. The average Bonchev–Trinajstić information content (AvgIpc) is 3.29. The molecule has 1 aliphatic rings. The third kappa shape index (κ3) is 5.03. The van der Waals surface area contributed by atoms with Crippen LogP contribution in [0, 0.1) is 10.1 Å². The lowest BCUT2D eigenvalue weighted by Gasteiger charge is -2.15. The Labute approximate surface area is 184 Å². The first-order valence-electron chi connectivity index (χ1n) is 10.1. The van der Waals surface area contributed by atoms with E-state index >= 15 is 0 Å². The Morgan fingerprint density at radius 2 is 1.94 bits per heavy atom. The highest BCUT2D eigenvalue weighted by atomic mass is 16.7. The van der Waals surface area contributed by atoms with Crippen LogP contribution in [0.4, 0.5) is 11.5 Å². The Kier molecular flexibility index (Phi) is 6.31. The molecule has 0 spiro atoms. The summed E-state index contributed by atoms with van der Waals surface area (Å²) < 4.78 is 16.2. The van der Waals surface area contributed by atoms with Crippen molar-refractivity contribution in [3.05, 3.63) is 64.3 Å². The molecule has 0 saturated heterocycles. The number of nitro groups is 1. The standard InChI is InChI=1S/C22H22N4O6/c1-2-15-9-21(25-22(24-15)14-3-5-16(6-4-14)26(28)29)23-11-17(27)12-30-18-7-8-19-20(10-18)32-13-31-19/h3-10,17,27H,2,11-13H2,1H3,(H,23,24,25). The molecule has 0 aliphatic carbocycles. The maximum atomic E-state index is 10.9. The van der Waals surface area contributed by atoms with Gasteiger partial charge in [0.1, 0.15) is 24.3 Å². The number of hydrogen-bond acceptors (Lipinski definition) is 9. The molecule has 0 amide bonds. The monoisotopic (exact) mass is 438 g/mol. The van der Waals surface area contributed by atoms with E-state index in [2.05, 4.69) is 15.3 Å². The fourth-order valence-corrected chi connectivity index (χ4v) is 3.07. The minimum atomic E-state index is -0.789. The molecule has 10 heteroatoms. The van der Waals surface area contributed by atoms with E-state index in [1.807, 2.05) is 6.92 Å². The quantitative estimate of drug-likeness (QED) is 0.382. The molecule has 1 aliphatic heterocycles. The molecule has 4 rings (SSSR count). The summed E-state index contributed by atoms with van der Waals surface area (Å²) in [4.78, 5) is 19.4. The molecular weight excluding hydrogens is 416 g/mol. The van der Waals surface area contributed by atoms with Crippen LogP contribution >= 0.6 is 0 Å². The Morgan fingerprint density at radius 3 is 2.69 bits per heavy atom. The third-order valence-electron chi connectivity index (χ3n) is 4.78. The lowest BCUT2D eigenvalue weighted by Crippen LogP contribution is -2.26. The van der Waals surface area contributed by atoms with Gasteiger partial charge in [-0.2, -0.15) is 0 Å². The summed E-state index contributed by atoms with van der Waals surface area (Å²) in [5, 5.41) is 24.3. The third-order valence-corrected chi connectivity index (χ3v) is 4.78. The minimum Gasteiger partial charge on any atom is -0.491 e. The summed E-state index contributed by atoms with van der Waals surface area (Å²) in [6.07, 6.45) is -0.101. The van der Waals surface area contributed by atoms with Gasteiger partial charge in [-0.25, -0.2) is 9.97 Å². The highest BCUT2D eigenvalue weighted by molar-refractivity contribution is 5.59. The SMILES string of the molecule is CCc1cc(NCC(O)COc2ccc3c(c2)OCO3)nc(-c2ccc([N+](=O)[O-])cc2)n1. The first kappa shape index (κ1) is 21.3. The van der Waals surface area contributed by atoms with E-state index in [9.17, 15) is 15.2 Å². The number of anilines is 1.